The van der Waals surface area contributed by atoms with Crippen molar-refractivity contribution in [3.8, 4) is 11.5 Å². The Labute approximate surface area is 125 Å². The molecule has 1 aromatic heterocycles. The van der Waals surface area contributed by atoms with E-state index in [1.807, 2.05) is 6.20 Å². The first kappa shape index (κ1) is 15.7. The van der Waals surface area contributed by atoms with Gasteiger partial charge in [-0.25, -0.2) is 0 Å². The van der Waals surface area contributed by atoms with Crippen LogP contribution in [0, 0.1) is 0 Å². The van der Waals surface area contributed by atoms with Gasteiger partial charge in [-0.1, -0.05) is 6.07 Å². The third kappa shape index (κ3) is 4.95. The van der Waals surface area contributed by atoms with Crippen molar-refractivity contribution in [3.63, 3.8) is 0 Å². The Morgan fingerprint density at radius 1 is 1.29 bits per heavy atom. The van der Waals surface area contributed by atoms with Crippen LogP contribution in [0.15, 0.2) is 29.9 Å². The Balaban J connectivity index is 1.97. The average molecular weight is 314 g/mol. The molecule has 0 amide bonds. The molecule has 0 aliphatic rings. The van der Waals surface area contributed by atoms with E-state index in [-0.39, 0.29) is 5.75 Å². The quantitative estimate of drug-likeness (QED) is 0.810. The van der Waals surface area contributed by atoms with Gasteiger partial charge in [-0.15, -0.1) is 11.3 Å². The van der Waals surface area contributed by atoms with Crippen LogP contribution in [0.4, 0.5) is 8.78 Å². The van der Waals surface area contributed by atoms with Gasteiger partial charge in [0.2, 0.25) is 0 Å². The maximum Gasteiger partial charge on any atom is 0.387 e. The molecule has 0 saturated carbocycles. The zero-order chi connectivity index (χ0) is 15.1. The Morgan fingerprint density at radius 2 is 2.14 bits per heavy atom. The van der Waals surface area contributed by atoms with E-state index < -0.39 is 6.61 Å². The summed E-state index contributed by atoms with van der Waals surface area (Å²) in [6.45, 7) is 0.634. The number of alkyl halides is 2. The first-order chi connectivity index (χ1) is 10.2. The summed E-state index contributed by atoms with van der Waals surface area (Å²) in [4.78, 5) is 5.13. The number of ether oxygens (including phenoxy) is 2. The topological polar surface area (TPSA) is 43.4 Å². The fraction of sp³-hybridized carbons (Fsp3) is 0.357. The summed E-state index contributed by atoms with van der Waals surface area (Å²) >= 11 is 1.58. The van der Waals surface area contributed by atoms with E-state index in [4.69, 9.17) is 4.74 Å². The smallest absolute Gasteiger partial charge is 0.387 e. The van der Waals surface area contributed by atoms with E-state index in [0.717, 1.165) is 10.4 Å². The van der Waals surface area contributed by atoms with Gasteiger partial charge in [-0.3, -0.25) is 4.98 Å². The Hall–Kier alpha value is -1.73. The zero-order valence-corrected chi connectivity index (χ0v) is 12.3. The highest BCUT2D eigenvalue weighted by Gasteiger charge is 2.11. The van der Waals surface area contributed by atoms with Gasteiger partial charge < -0.3 is 14.8 Å². The molecule has 4 nitrogen and oxygen atoms in total. The first-order valence-corrected chi connectivity index (χ1v) is 7.35. The highest BCUT2D eigenvalue weighted by atomic mass is 32.1. The summed E-state index contributed by atoms with van der Waals surface area (Å²) in [5, 5.41) is 3.26. The molecule has 114 valence electrons. The lowest BCUT2D eigenvalue weighted by atomic mass is 10.2. The molecular formula is C14H16F2N2O2S. The van der Waals surface area contributed by atoms with Crippen molar-refractivity contribution in [1.82, 2.24) is 10.3 Å². The third-order valence-corrected chi connectivity index (χ3v) is 3.42. The number of hydrogen-bond acceptors (Lipinski definition) is 5. The normalized spacial score (nSPS) is 10.9. The van der Waals surface area contributed by atoms with Crippen molar-refractivity contribution in [2.24, 2.45) is 0 Å². The molecule has 2 rings (SSSR count). The van der Waals surface area contributed by atoms with Crippen LogP contribution in [0.2, 0.25) is 0 Å². The minimum Gasteiger partial charge on any atom is -0.490 e. The van der Waals surface area contributed by atoms with Crippen LogP contribution in [0.1, 0.15) is 17.4 Å². The fourth-order valence-corrected chi connectivity index (χ4v) is 2.35. The van der Waals surface area contributed by atoms with Crippen LogP contribution in [0.25, 0.3) is 0 Å². The molecule has 0 unspecified atom stereocenters. The number of hydrogen-bond donors (Lipinski definition) is 1. The van der Waals surface area contributed by atoms with E-state index in [9.17, 15) is 8.78 Å². The zero-order valence-electron chi connectivity index (χ0n) is 11.5. The summed E-state index contributed by atoms with van der Waals surface area (Å²) < 4.78 is 34.4. The van der Waals surface area contributed by atoms with Crippen molar-refractivity contribution >= 4 is 11.3 Å². The molecule has 1 N–H and O–H groups in total. The molecule has 0 fully saturated rings. The number of halogens is 2. The predicted molar refractivity (Wildman–Crippen MR) is 76.9 cm³/mol. The monoisotopic (exact) mass is 314 g/mol. The molecule has 0 aliphatic carbocycles. The summed E-state index contributed by atoms with van der Waals surface area (Å²) in [6.07, 6.45) is 1.81. The van der Waals surface area contributed by atoms with Gasteiger partial charge in [0.1, 0.15) is 0 Å². The van der Waals surface area contributed by atoms with Crippen molar-refractivity contribution in [2.75, 3.05) is 6.61 Å². The third-order valence-electron chi connectivity index (χ3n) is 2.64. The van der Waals surface area contributed by atoms with Crippen LogP contribution < -0.4 is 14.8 Å². The molecule has 0 radical (unpaired) electrons. The summed E-state index contributed by atoms with van der Waals surface area (Å²) in [7, 11) is 0. The van der Waals surface area contributed by atoms with Crippen LogP contribution in [0.5, 0.6) is 11.5 Å². The van der Waals surface area contributed by atoms with Crippen LogP contribution >= 0.6 is 11.3 Å². The Morgan fingerprint density at radius 3 is 2.81 bits per heavy atom. The van der Waals surface area contributed by atoms with Gasteiger partial charge >= 0.3 is 6.61 Å². The Kier molecular flexibility index (Phi) is 5.89. The maximum atomic E-state index is 12.3. The number of rotatable bonds is 8. The second-order valence-electron chi connectivity index (χ2n) is 4.16. The van der Waals surface area contributed by atoms with E-state index in [0.29, 0.717) is 25.4 Å². The lowest BCUT2D eigenvalue weighted by Gasteiger charge is -2.13. The largest absolute Gasteiger partial charge is 0.490 e. The molecular weight excluding hydrogens is 298 g/mol. The van der Waals surface area contributed by atoms with E-state index >= 15 is 0 Å². The van der Waals surface area contributed by atoms with Crippen molar-refractivity contribution in [3.05, 3.63) is 40.3 Å². The maximum absolute atomic E-state index is 12.3. The number of aromatic nitrogens is 1. The van der Waals surface area contributed by atoms with Crippen molar-refractivity contribution < 1.29 is 18.3 Å². The van der Waals surface area contributed by atoms with Crippen molar-refractivity contribution in [2.45, 2.75) is 26.6 Å². The van der Waals surface area contributed by atoms with Gasteiger partial charge in [-0.2, -0.15) is 8.78 Å². The van der Waals surface area contributed by atoms with Crippen molar-refractivity contribution in [1.29, 1.82) is 0 Å². The molecule has 2 aromatic rings. The fourth-order valence-electron chi connectivity index (χ4n) is 1.78. The Bertz CT molecular complexity index is 550. The molecule has 1 heterocycles. The van der Waals surface area contributed by atoms with E-state index in [1.54, 1.807) is 35.9 Å². The molecule has 0 spiro atoms. The minimum atomic E-state index is -2.86. The molecule has 21 heavy (non-hydrogen) atoms. The lowest BCUT2D eigenvalue weighted by Crippen LogP contribution is -2.12. The molecule has 0 saturated heterocycles. The lowest BCUT2D eigenvalue weighted by molar-refractivity contribution is -0.0514. The molecule has 0 bridgehead atoms. The standard InChI is InChI=1S/C14H16F2N2O2S/c1-2-19-13-5-10(3-4-12(13)20-14(15)16)6-17-7-11-8-18-9-21-11/h3-5,8-9,14,17H,2,6-7H2,1H3. The number of nitrogens with zero attached hydrogens (tertiary/aromatic N) is 1. The summed E-state index contributed by atoms with van der Waals surface area (Å²) in [5.74, 6) is 0.382. The molecule has 1 aromatic carbocycles. The van der Waals surface area contributed by atoms with E-state index in [1.165, 1.54) is 6.07 Å². The minimum absolute atomic E-state index is 0.0538. The van der Waals surface area contributed by atoms with E-state index in [2.05, 4.69) is 15.0 Å². The van der Waals surface area contributed by atoms with Gasteiger partial charge in [0.25, 0.3) is 0 Å². The highest BCUT2D eigenvalue weighted by molar-refractivity contribution is 7.09. The number of thiazole rings is 1. The molecule has 0 aliphatic heterocycles. The summed E-state index contributed by atoms with van der Waals surface area (Å²) in [5.41, 5.74) is 2.71. The van der Waals surface area contributed by atoms with Crippen LogP contribution in [-0.2, 0) is 13.1 Å². The van der Waals surface area contributed by atoms with Crippen LogP contribution in [0.3, 0.4) is 0 Å². The first-order valence-electron chi connectivity index (χ1n) is 6.47. The molecule has 7 heteroatoms. The second kappa shape index (κ2) is 7.90. The summed E-state index contributed by atoms with van der Waals surface area (Å²) in [6, 6.07) is 4.95. The van der Waals surface area contributed by atoms with Crippen LogP contribution in [-0.4, -0.2) is 18.2 Å². The van der Waals surface area contributed by atoms with Gasteiger partial charge in [-0.05, 0) is 24.6 Å². The predicted octanol–water partition coefficient (Wildman–Crippen LogP) is 3.43. The average Bonchev–Trinajstić information content (AvgIpc) is 2.94. The van der Waals surface area contributed by atoms with Gasteiger partial charge in [0.05, 0.1) is 12.1 Å². The highest BCUT2D eigenvalue weighted by Crippen LogP contribution is 2.29. The molecule has 0 atom stereocenters. The second-order valence-corrected chi connectivity index (χ2v) is 5.13. The van der Waals surface area contributed by atoms with Gasteiger partial charge in [0, 0.05) is 24.2 Å². The number of benzene rings is 1. The van der Waals surface area contributed by atoms with Gasteiger partial charge in [0.15, 0.2) is 11.5 Å². The number of nitrogens with one attached hydrogen (secondary N) is 1. The SMILES string of the molecule is CCOc1cc(CNCc2cncs2)ccc1OC(F)F.